The highest BCUT2D eigenvalue weighted by Gasteiger charge is 2.27. The molecule has 11 heteroatoms. The number of aromatic nitrogens is 1. The summed E-state index contributed by atoms with van der Waals surface area (Å²) in [5.41, 5.74) is -0.102. The Hall–Kier alpha value is -3.40. The number of nitrogens with one attached hydrogen (secondary N) is 2. The van der Waals surface area contributed by atoms with E-state index in [1.54, 1.807) is 45.0 Å². The van der Waals surface area contributed by atoms with Crippen molar-refractivity contribution in [1.29, 1.82) is 0 Å². The monoisotopic (exact) mass is 463 g/mol. The van der Waals surface area contributed by atoms with Crippen LogP contribution in [0.5, 0.6) is 0 Å². The molecule has 0 saturated carbocycles. The van der Waals surface area contributed by atoms with Gasteiger partial charge in [-0.15, -0.1) is 0 Å². The highest BCUT2D eigenvalue weighted by Crippen LogP contribution is 2.25. The normalized spacial score (nSPS) is 11.9. The lowest BCUT2D eigenvalue weighted by Crippen LogP contribution is -2.45. The molecule has 1 atom stereocenters. The second-order valence-corrected chi connectivity index (χ2v) is 8.49. The Morgan fingerprint density at radius 2 is 1.84 bits per heavy atom. The maximum Gasteiger partial charge on any atom is 0.410 e. The van der Waals surface area contributed by atoms with Crippen LogP contribution < -0.4 is 10.6 Å². The molecule has 1 heterocycles. The van der Waals surface area contributed by atoms with Crippen LogP contribution in [0.25, 0.3) is 0 Å². The van der Waals surface area contributed by atoms with Crippen molar-refractivity contribution in [1.82, 2.24) is 9.88 Å². The van der Waals surface area contributed by atoms with E-state index in [1.165, 1.54) is 26.1 Å². The van der Waals surface area contributed by atoms with E-state index in [-0.39, 0.29) is 23.9 Å². The number of nitrogens with zero attached hydrogens (tertiary/aromatic N) is 3. The average molecular weight is 464 g/mol. The van der Waals surface area contributed by atoms with Crippen LogP contribution >= 0.6 is 11.6 Å². The molecule has 0 aliphatic carbocycles. The fourth-order valence-electron chi connectivity index (χ4n) is 2.49. The number of pyridine rings is 1. The largest absolute Gasteiger partial charge is 0.444 e. The summed E-state index contributed by atoms with van der Waals surface area (Å²) in [6, 6.07) is 8.67. The number of likely N-dealkylation sites (N-methyl/N-ethyl adjacent to an activating group) is 1. The molecule has 10 nitrogen and oxygen atoms in total. The van der Waals surface area contributed by atoms with E-state index < -0.39 is 28.6 Å². The summed E-state index contributed by atoms with van der Waals surface area (Å²) in [7, 11) is 1.45. The Balaban J connectivity index is 2.12. The van der Waals surface area contributed by atoms with E-state index in [1.807, 2.05) is 0 Å². The number of hydrogen-bond acceptors (Lipinski definition) is 7. The number of amides is 2. The third-order valence-electron chi connectivity index (χ3n) is 4.34. The van der Waals surface area contributed by atoms with Crippen LogP contribution in [-0.2, 0) is 16.1 Å². The van der Waals surface area contributed by atoms with Gasteiger partial charge in [-0.1, -0.05) is 23.7 Å². The minimum absolute atomic E-state index is 0.00380. The summed E-state index contributed by atoms with van der Waals surface area (Å²) >= 11 is 5.87. The first-order valence-corrected chi connectivity index (χ1v) is 10.2. The van der Waals surface area contributed by atoms with Gasteiger partial charge in [-0.25, -0.2) is 9.78 Å². The molecular formula is C21H26ClN5O5. The summed E-state index contributed by atoms with van der Waals surface area (Å²) in [5, 5.41) is 17.4. The zero-order valence-electron chi connectivity index (χ0n) is 18.5. The Morgan fingerprint density at radius 3 is 2.41 bits per heavy atom. The third kappa shape index (κ3) is 7.09. The molecular weight excluding hydrogens is 438 g/mol. The second-order valence-electron chi connectivity index (χ2n) is 8.06. The first kappa shape index (κ1) is 24.9. The summed E-state index contributed by atoms with van der Waals surface area (Å²) in [4.78, 5) is 40.9. The Bertz CT molecular complexity index is 991. The summed E-state index contributed by atoms with van der Waals surface area (Å²) in [5.74, 6) is -0.428. The van der Waals surface area contributed by atoms with E-state index in [0.717, 1.165) is 10.5 Å². The lowest BCUT2D eigenvalue weighted by Gasteiger charge is -2.28. The van der Waals surface area contributed by atoms with Crippen molar-refractivity contribution < 1.29 is 19.2 Å². The van der Waals surface area contributed by atoms with Crippen molar-refractivity contribution in [3.8, 4) is 0 Å². The number of ether oxygens (including phenoxy) is 1. The molecule has 0 fully saturated rings. The SMILES string of the molecule is CC(C(=O)Nc1ccc([N+](=O)[O-])c(NCc2ccc(Cl)cc2)n1)N(C)C(=O)OC(C)(C)C. The number of halogens is 1. The van der Waals surface area contributed by atoms with Gasteiger partial charge in [0, 0.05) is 24.7 Å². The van der Waals surface area contributed by atoms with Crippen LogP contribution in [0.15, 0.2) is 36.4 Å². The number of hydrogen-bond donors (Lipinski definition) is 2. The van der Waals surface area contributed by atoms with Crippen LogP contribution in [0.1, 0.15) is 33.3 Å². The van der Waals surface area contributed by atoms with E-state index in [9.17, 15) is 19.7 Å². The minimum atomic E-state index is -0.868. The Morgan fingerprint density at radius 1 is 1.22 bits per heavy atom. The first-order chi connectivity index (χ1) is 14.9. The van der Waals surface area contributed by atoms with Crippen molar-refractivity contribution in [2.24, 2.45) is 0 Å². The molecule has 1 aromatic heterocycles. The maximum absolute atomic E-state index is 12.6. The molecule has 0 radical (unpaired) electrons. The predicted molar refractivity (Wildman–Crippen MR) is 122 cm³/mol. The van der Waals surface area contributed by atoms with Crippen molar-refractivity contribution in [3.05, 3.63) is 57.1 Å². The number of nitro groups is 1. The highest BCUT2D eigenvalue weighted by atomic mass is 35.5. The third-order valence-corrected chi connectivity index (χ3v) is 4.59. The lowest BCUT2D eigenvalue weighted by atomic mass is 10.2. The molecule has 0 saturated heterocycles. The fraction of sp³-hybridized carbons (Fsp3) is 0.381. The van der Waals surface area contributed by atoms with E-state index >= 15 is 0 Å². The van der Waals surface area contributed by atoms with Gasteiger partial charge < -0.3 is 15.4 Å². The Kier molecular flexibility index (Phi) is 7.98. The van der Waals surface area contributed by atoms with Crippen LogP contribution in [0.2, 0.25) is 5.02 Å². The van der Waals surface area contributed by atoms with Crippen LogP contribution in [0, 0.1) is 10.1 Å². The zero-order chi connectivity index (χ0) is 24.1. The van der Waals surface area contributed by atoms with Gasteiger partial charge in [0.1, 0.15) is 17.5 Å². The number of carbonyl (C=O) groups excluding carboxylic acids is 2. The van der Waals surface area contributed by atoms with Crippen LogP contribution in [-0.4, -0.2) is 45.5 Å². The van der Waals surface area contributed by atoms with Gasteiger partial charge in [-0.2, -0.15) is 0 Å². The number of benzene rings is 1. The summed E-state index contributed by atoms with van der Waals surface area (Å²) in [6.07, 6.45) is -0.651. The molecule has 0 aliphatic rings. The second kappa shape index (κ2) is 10.3. The molecule has 2 N–H and O–H groups in total. The molecule has 0 aliphatic heterocycles. The molecule has 172 valence electrons. The molecule has 1 unspecified atom stereocenters. The van der Waals surface area contributed by atoms with Crippen molar-refractivity contribution >= 4 is 40.9 Å². The molecule has 1 aromatic carbocycles. The van der Waals surface area contributed by atoms with Gasteiger partial charge in [0.2, 0.25) is 11.7 Å². The van der Waals surface area contributed by atoms with E-state index in [4.69, 9.17) is 16.3 Å². The standard InChI is InChI=1S/C21H26ClN5O5/c1-13(26(5)20(29)32-21(2,3)4)19(28)25-17-11-10-16(27(30)31)18(24-17)23-12-14-6-8-15(22)9-7-14/h6-11,13H,12H2,1-5H3,(H2,23,24,25,28). The van der Waals surface area contributed by atoms with E-state index in [0.29, 0.717) is 5.02 Å². The van der Waals surface area contributed by atoms with Crippen molar-refractivity contribution in [3.63, 3.8) is 0 Å². The molecule has 2 amide bonds. The lowest BCUT2D eigenvalue weighted by molar-refractivity contribution is -0.384. The van der Waals surface area contributed by atoms with Gasteiger partial charge >= 0.3 is 11.8 Å². The number of anilines is 2. The van der Waals surface area contributed by atoms with E-state index in [2.05, 4.69) is 15.6 Å². The van der Waals surface area contributed by atoms with Crippen LogP contribution in [0.4, 0.5) is 22.1 Å². The average Bonchev–Trinajstić information content (AvgIpc) is 2.70. The van der Waals surface area contributed by atoms with Gasteiger partial charge in [-0.3, -0.25) is 19.8 Å². The smallest absolute Gasteiger partial charge is 0.410 e. The zero-order valence-corrected chi connectivity index (χ0v) is 19.3. The Labute approximate surface area is 191 Å². The quantitative estimate of drug-likeness (QED) is 0.458. The predicted octanol–water partition coefficient (Wildman–Crippen LogP) is 4.45. The maximum atomic E-state index is 12.6. The molecule has 0 spiro atoms. The van der Waals surface area contributed by atoms with Crippen molar-refractivity contribution in [2.75, 3.05) is 17.7 Å². The van der Waals surface area contributed by atoms with Crippen LogP contribution in [0.3, 0.4) is 0 Å². The highest BCUT2D eigenvalue weighted by molar-refractivity contribution is 6.30. The van der Waals surface area contributed by atoms with Gasteiger partial charge in [-0.05, 0) is 51.5 Å². The number of rotatable bonds is 7. The van der Waals surface area contributed by atoms with Crippen molar-refractivity contribution in [2.45, 2.75) is 45.9 Å². The van der Waals surface area contributed by atoms with Gasteiger partial charge in [0.15, 0.2) is 0 Å². The minimum Gasteiger partial charge on any atom is -0.444 e. The number of carbonyl (C=O) groups is 2. The molecule has 2 rings (SSSR count). The summed E-state index contributed by atoms with van der Waals surface area (Å²) < 4.78 is 5.26. The molecule has 0 bridgehead atoms. The molecule has 32 heavy (non-hydrogen) atoms. The van der Waals surface area contributed by atoms with Gasteiger partial charge in [0.25, 0.3) is 0 Å². The summed E-state index contributed by atoms with van der Waals surface area (Å²) in [6.45, 7) is 6.97. The first-order valence-electron chi connectivity index (χ1n) is 9.78. The fourth-order valence-corrected chi connectivity index (χ4v) is 2.61. The molecule has 2 aromatic rings. The van der Waals surface area contributed by atoms with Gasteiger partial charge in [0.05, 0.1) is 4.92 Å². The topological polar surface area (TPSA) is 127 Å².